The number of nitrogens with one attached hydrogen (secondary N) is 3. The van der Waals surface area contributed by atoms with Crippen LogP contribution >= 0.6 is 0 Å². The molecule has 2 amide bonds. The number of piperazine rings is 2. The van der Waals surface area contributed by atoms with Gasteiger partial charge in [-0.05, 0) is 25.0 Å². The largest absolute Gasteiger partial charge is 0.352 e. The Morgan fingerprint density at radius 3 is 2.68 bits per heavy atom. The molecule has 1 unspecified atom stereocenters. The highest BCUT2D eigenvalue weighted by Gasteiger charge is 2.51. The molecule has 10 heteroatoms. The van der Waals surface area contributed by atoms with Crippen molar-refractivity contribution < 1.29 is 9.59 Å². The number of carbonyl (C=O) groups excluding carboxylic acids is 2. The van der Waals surface area contributed by atoms with Gasteiger partial charge in [0.25, 0.3) is 5.91 Å². The Kier molecular flexibility index (Phi) is 5.32. The number of fused-ring (bicyclic) bond motifs is 4. The van der Waals surface area contributed by atoms with E-state index in [1.165, 1.54) is 19.3 Å². The van der Waals surface area contributed by atoms with Crippen molar-refractivity contribution in [3.8, 4) is 0 Å². The average molecular weight is 463 g/mol. The summed E-state index contributed by atoms with van der Waals surface area (Å²) >= 11 is 0. The van der Waals surface area contributed by atoms with E-state index >= 15 is 0 Å². The molecule has 0 bridgehead atoms. The molecule has 3 aliphatic heterocycles. The van der Waals surface area contributed by atoms with Crippen molar-refractivity contribution in [2.75, 3.05) is 42.9 Å². The van der Waals surface area contributed by atoms with Crippen LogP contribution in [0.2, 0.25) is 0 Å². The maximum absolute atomic E-state index is 12.7. The van der Waals surface area contributed by atoms with E-state index in [0.717, 1.165) is 37.3 Å². The number of anilines is 3. The second-order valence-electron chi connectivity index (χ2n) is 9.73. The van der Waals surface area contributed by atoms with Crippen molar-refractivity contribution in [3.05, 3.63) is 35.7 Å². The smallest absolute Gasteiger partial charge is 0.255 e. The van der Waals surface area contributed by atoms with Crippen molar-refractivity contribution in [1.29, 1.82) is 0 Å². The highest BCUT2D eigenvalue weighted by atomic mass is 16.2. The fraction of sp³-hybridized carbons (Fsp3) is 0.542. The number of carbonyl (C=O) groups is 2. The van der Waals surface area contributed by atoms with Gasteiger partial charge in [0, 0.05) is 57.1 Å². The Bertz CT molecular complexity index is 1090. The minimum absolute atomic E-state index is 0.00141. The molecule has 5 heterocycles. The van der Waals surface area contributed by atoms with E-state index in [1.807, 2.05) is 11.1 Å². The lowest BCUT2D eigenvalue weighted by Gasteiger charge is -2.51. The topological polar surface area (TPSA) is 115 Å². The molecule has 178 valence electrons. The van der Waals surface area contributed by atoms with Crippen molar-refractivity contribution in [3.63, 3.8) is 0 Å². The van der Waals surface area contributed by atoms with Gasteiger partial charge in [0.1, 0.15) is 17.7 Å². The van der Waals surface area contributed by atoms with Crippen molar-refractivity contribution in [1.82, 2.24) is 30.5 Å². The predicted molar refractivity (Wildman–Crippen MR) is 127 cm³/mol. The molecule has 10 nitrogen and oxygen atoms in total. The SMILES string of the molecule is O=C1NCC2(CCCCC2)N2c3nc(Nc4ccc(C(=O)N5CCNCC5)cn4)ncc3CC12. The van der Waals surface area contributed by atoms with E-state index < -0.39 is 0 Å². The fourth-order valence-corrected chi connectivity index (χ4v) is 5.86. The normalized spacial score (nSPS) is 23.3. The number of pyridine rings is 1. The van der Waals surface area contributed by atoms with Crippen molar-refractivity contribution in [2.24, 2.45) is 0 Å². The molecule has 2 aromatic rings. The third-order valence-electron chi connectivity index (χ3n) is 7.64. The first-order valence-electron chi connectivity index (χ1n) is 12.3. The van der Waals surface area contributed by atoms with Crippen LogP contribution < -0.4 is 20.9 Å². The molecule has 2 aromatic heterocycles. The summed E-state index contributed by atoms with van der Waals surface area (Å²) in [5.41, 5.74) is 1.53. The quantitative estimate of drug-likeness (QED) is 0.624. The molecule has 3 fully saturated rings. The first-order valence-corrected chi connectivity index (χ1v) is 12.3. The van der Waals surface area contributed by atoms with Gasteiger partial charge in [0.2, 0.25) is 11.9 Å². The van der Waals surface area contributed by atoms with Gasteiger partial charge < -0.3 is 25.8 Å². The second-order valence-corrected chi connectivity index (χ2v) is 9.73. The summed E-state index contributed by atoms with van der Waals surface area (Å²) in [7, 11) is 0. The Labute approximate surface area is 198 Å². The third-order valence-corrected chi connectivity index (χ3v) is 7.64. The van der Waals surface area contributed by atoms with Gasteiger partial charge >= 0.3 is 0 Å². The molecule has 0 aromatic carbocycles. The van der Waals surface area contributed by atoms with Crippen LogP contribution in [0.25, 0.3) is 0 Å². The first kappa shape index (κ1) is 21.3. The fourth-order valence-electron chi connectivity index (χ4n) is 5.86. The highest BCUT2D eigenvalue weighted by molar-refractivity contribution is 5.94. The lowest BCUT2D eigenvalue weighted by Crippen LogP contribution is -2.67. The van der Waals surface area contributed by atoms with Crippen molar-refractivity contribution in [2.45, 2.75) is 50.1 Å². The summed E-state index contributed by atoms with van der Waals surface area (Å²) < 4.78 is 0. The lowest BCUT2D eigenvalue weighted by molar-refractivity contribution is -0.124. The molecular weight excluding hydrogens is 432 g/mol. The molecule has 6 rings (SSSR count). The van der Waals surface area contributed by atoms with E-state index in [0.29, 0.717) is 43.4 Å². The Morgan fingerprint density at radius 1 is 1.09 bits per heavy atom. The number of nitrogens with zero attached hydrogens (tertiary/aromatic N) is 5. The molecule has 34 heavy (non-hydrogen) atoms. The first-order chi connectivity index (χ1) is 16.6. The van der Waals surface area contributed by atoms with Crippen LogP contribution in [0.1, 0.15) is 48.0 Å². The van der Waals surface area contributed by atoms with E-state index in [4.69, 9.17) is 4.98 Å². The molecule has 1 saturated carbocycles. The molecular formula is C24H30N8O2. The van der Waals surface area contributed by atoms with E-state index in [2.05, 4.69) is 30.8 Å². The molecule has 1 aliphatic carbocycles. The molecule has 0 radical (unpaired) electrons. The van der Waals surface area contributed by atoms with Gasteiger partial charge in [0.15, 0.2) is 0 Å². The standard InChI is InChI=1S/C24H30N8O2/c33-21-18-12-17-14-27-23(30-20(17)32(18)24(15-28-21)6-2-1-3-7-24)29-19-5-4-16(13-26-19)22(34)31-10-8-25-9-11-31/h4-5,13-14,18,25H,1-3,6-12,15H2,(H,28,33)(H,26,27,29,30). The number of rotatable bonds is 3. The summed E-state index contributed by atoms with van der Waals surface area (Å²) in [6.45, 7) is 3.72. The average Bonchev–Trinajstić information content (AvgIpc) is 3.28. The zero-order valence-electron chi connectivity index (χ0n) is 19.2. The van der Waals surface area contributed by atoms with Gasteiger partial charge in [-0.25, -0.2) is 9.97 Å². The van der Waals surface area contributed by atoms with Gasteiger partial charge in [-0.15, -0.1) is 0 Å². The zero-order chi connectivity index (χ0) is 23.1. The molecule has 1 spiro atoms. The molecule has 3 N–H and O–H groups in total. The number of hydrogen-bond donors (Lipinski definition) is 3. The van der Waals surface area contributed by atoms with Crippen LogP contribution in [0.3, 0.4) is 0 Å². The number of amides is 2. The number of aromatic nitrogens is 3. The summed E-state index contributed by atoms with van der Waals surface area (Å²) in [6.07, 6.45) is 9.80. The van der Waals surface area contributed by atoms with E-state index in [1.54, 1.807) is 18.3 Å². The van der Waals surface area contributed by atoms with Crippen LogP contribution in [0.5, 0.6) is 0 Å². The minimum Gasteiger partial charge on any atom is -0.352 e. The maximum Gasteiger partial charge on any atom is 0.255 e. The summed E-state index contributed by atoms with van der Waals surface area (Å²) in [4.78, 5) is 43.3. The predicted octanol–water partition coefficient (Wildman–Crippen LogP) is 1.22. The van der Waals surface area contributed by atoms with Gasteiger partial charge in [-0.3, -0.25) is 9.59 Å². The van der Waals surface area contributed by atoms with E-state index in [9.17, 15) is 9.59 Å². The summed E-state index contributed by atoms with van der Waals surface area (Å²) in [5.74, 6) is 1.97. The third kappa shape index (κ3) is 3.66. The lowest BCUT2D eigenvalue weighted by atomic mass is 9.78. The van der Waals surface area contributed by atoms with Crippen LogP contribution in [0.4, 0.5) is 17.6 Å². The van der Waals surface area contributed by atoms with Crippen LogP contribution in [-0.2, 0) is 11.2 Å². The van der Waals surface area contributed by atoms with Gasteiger partial charge in [0.05, 0.1) is 11.1 Å². The Hall–Kier alpha value is -3.27. The molecule has 4 aliphatic rings. The highest BCUT2D eigenvalue weighted by Crippen LogP contribution is 2.44. The second kappa shape index (κ2) is 8.50. The summed E-state index contributed by atoms with van der Waals surface area (Å²) in [6, 6.07) is 3.36. The van der Waals surface area contributed by atoms with Crippen LogP contribution in [0, 0.1) is 0 Å². The van der Waals surface area contributed by atoms with Gasteiger partial charge in [-0.1, -0.05) is 19.3 Å². The maximum atomic E-state index is 12.7. The Balaban J connectivity index is 1.22. The van der Waals surface area contributed by atoms with E-state index in [-0.39, 0.29) is 23.4 Å². The monoisotopic (exact) mass is 462 g/mol. The molecule has 2 saturated heterocycles. The van der Waals surface area contributed by atoms with Crippen LogP contribution in [-0.4, -0.2) is 76.0 Å². The van der Waals surface area contributed by atoms with Gasteiger partial charge in [-0.2, -0.15) is 4.98 Å². The summed E-state index contributed by atoms with van der Waals surface area (Å²) in [5, 5.41) is 9.59. The Morgan fingerprint density at radius 2 is 1.91 bits per heavy atom. The van der Waals surface area contributed by atoms with Crippen LogP contribution in [0.15, 0.2) is 24.5 Å². The minimum atomic E-state index is -0.209. The number of hydrogen-bond acceptors (Lipinski definition) is 8. The zero-order valence-corrected chi connectivity index (χ0v) is 19.2. The molecule has 1 atom stereocenters. The van der Waals surface area contributed by atoms with Crippen molar-refractivity contribution >= 4 is 29.4 Å².